The fourth-order valence-electron chi connectivity index (χ4n) is 4.65. The van der Waals surface area contributed by atoms with Crippen molar-refractivity contribution in [3.63, 3.8) is 0 Å². The van der Waals surface area contributed by atoms with Crippen molar-refractivity contribution in [3.05, 3.63) is 11.9 Å². The monoisotopic (exact) mass is 353 g/mol. The topological polar surface area (TPSA) is 63.1 Å². The van der Waals surface area contributed by atoms with Crippen LogP contribution in [-0.2, 0) is 0 Å². The lowest BCUT2D eigenvalue weighted by Crippen LogP contribution is -2.39. The maximum Gasteiger partial charge on any atom is 0.276 e. The van der Waals surface area contributed by atoms with Crippen molar-refractivity contribution >= 4 is 18.3 Å². The first kappa shape index (κ1) is 17.7. The number of likely N-dealkylation sites (tertiary alicyclic amines) is 1. The number of piperidine rings is 1. The maximum absolute atomic E-state index is 12.9. The van der Waals surface area contributed by atoms with Crippen LogP contribution >= 0.6 is 12.4 Å². The highest BCUT2D eigenvalue weighted by Gasteiger charge is 2.37. The minimum Gasteiger partial charge on any atom is -0.334 e. The van der Waals surface area contributed by atoms with Crippen LogP contribution in [-0.4, -0.2) is 51.5 Å². The van der Waals surface area contributed by atoms with Gasteiger partial charge in [-0.2, -0.15) is 0 Å². The molecule has 0 spiro atoms. The summed E-state index contributed by atoms with van der Waals surface area (Å²) in [6.45, 7) is 2.92. The highest BCUT2D eigenvalue weighted by Crippen LogP contribution is 2.36. The van der Waals surface area contributed by atoms with Crippen molar-refractivity contribution in [2.45, 2.75) is 63.5 Å². The van der Waals surface area contributed by atoms with E-state index < -0.39 is 0 Å². The van der Waals surface area contributed by atoms with E-state index in [0.29, 0.717) is 23.7 Å². The molecule has 0 aromatic carbocycles. The lowest BCUT2D eigenvalue weighted by atomic mass is 9.96. The first-order valence-electron chi connectivity index (χ1n) is 9.26. The van der Waals surface area contributed by atoms with Gasteiger partial charge in [-0.15, -0.1) is 17.5 Å². The van der Waals surface area contributed by atoms with E-state index in [9.17, 15) is 4.79 Å². The van der Waals surface area contributed by atoms with Gasteiger partial charge in [0.1, 0.15) is 0 Å². The second-order valence-electron chi connectivity index (χ2n) is 7.32. The summed E-state index contributed by atoms with van der Waals surface area (Å²) in [5.41, 5.74) is 0.536. The molecule has 1 saturated carbocycles. The predicted octanol–water partition coefficient (Wildman–Crippen LogP) is 2.42. The van der Waals surface area contributed by atoms with Gasteiger partial charge < -0.3 is 10.2 Å². The Morgan fingerprint density at radius 1 is 1.08 bits per heavy atom. The van der Waals surface area contributed by atoms with Crippen molar-refractivity contribution < 1.29 is 4.79 Å². The lowest BCUT2D eigenvalue weighted by Gasteiger charge is -2.28. The molecule has 1 aliphatic carbocycles. The standard InChI is InChI=1S/C17H27N5O.ClH/c23-17(21-11-3-6-16(21)13-4-1-2-5-13)15-12-22(20-19-15)14-7-9-18-10-8-14;/h12-14,16,18H,1-11H2;1H. The highest BCUT2D eigenvalue weighted by atomic mass is 35.5. The zero-order valence-electron chi connectivity index (χ0n) is 14.2. The number of hydrogen-bond donors (Lipinski definition) is 1. The van der Waals surface area contributed by atoms with Crippen LogP contribution in [0.3, 0.4) is 0 Å². The van der Waals surface area contributed by atoms with Crippen LogP contribution in [0.1, 0.15) is 67.9 Å². The summed E-state index contributed by atoms with van der Waals surface area (Å²) in [7, 11) is 0. The van der Waals surface area contributed by atoms with Crippen LogP contribution < -0.4 is 5.32 Å². The number of carbonyl (C=O) groups is 1. The fourth-order valence-corrected chi connectivity index (χ4v) is 4.65. The molecule has 2 saturated heterocycles. The van der Waals surface area contributed by atoms with Gasteiger partial charge in [0.15, 0.2) is 5.69 Å². The molecule has 134 valence electrons. The molecule has 7 heteroatoms. The minimum atomic E-state index is 0. The number of rotatable bonds is 3. The molecule has 3 heterocycles. The lowest BCUT2D eigenvalue weighted by molar-refractivity contribution is 0.0683. The number of halogens is 1. The van der Waals surface area contributed by atoms with E-state index in [-0.39, 0.29) is 18.3 Å². The predicted molar refractivity (Wildman–Crippen MR) is 94.4 cm³/mol. The van der Waals surface area contributed by atoms with Crippen LogP contribution in [0.25, 0.3) is 0 Å². The van der Waals surface area contributed by atoms with Gasteiger partial charge in [0, 0.05) is 12.6 Å². The second-order valence-corrected chi connectivity index (χ2v) is 7.32. The van der Waals surface area contributed by atoms with E-state index >= 15 is 0 Å². The molecule has 0 radical (unpaired) electrons. The molecular formula is C17H28ClN5O. The van der Waals surface area contributed by atoms with E-state index in [0.717, 1.165) is 38.9 Å². The van der Waals surface area contributed by atoms with Crippen LogP contribution in [0.4, 0.5) is 0 Å². The number of amides is 1. The van der Waals surface area contributed by atoms with Gasteiger partial charge in [0.2, 0.25) is 0 Å². The molecule has 2 aliphatic heterocycles. The van der Waals surface area contributed by atoms with E-state index in [2.05, 4.69) is 20.5 Å². The quantitative estimate of drug-likeness (QED) is 0.906. The summed E-state index contributed by atoms with van der Waals surface area (Å²) < 4.78 is 1.91. The van der Waals surface area contributed by atoms with Gasteiger partial charge in [0.25, 0.3) is 5.91 Å². The third kappa shape index (κ3) is 3.45. The van der Waals surface area contributed by atoms with Crippen LogP contribution in [0.5, 0.6) is 0 Å². The molecule has 1 amide bonds. The van der Waals surface area contributed by atoms with Crippen LogP contribution in [0, 0.1) is 5.92 Å². The molecule has 1 atom stereocenters. The molecule has 4 rings (SSSR count). The molecule has 0 bridgehead atoms. The molecule has 1 unspecified atom stereocenters. The SMILES string of the molecule is Cl.O=C(c1cn(C2CCNCC2)nn1)N1CCCC1C1CCCC1. The Bertz CT molecular complexity index is 551. The Morgan fingerprint density at radius 2 is 1.83 bits per heavy atom. The van der Waals surface area contributed by atoms with E-state index in [1.165, 1.54) is 32.1 Å². The largest absolute Gasteiger partial charge is 0.334 e. The maximum atomic E-state index is 12.9. The highest BCUT2D eigenvalue weighted by molar-refractivity contribution is 5.92. The van der Waals surface area contributed by atoms with Crippen LogP contribution in [0.2, 0.25) is 0 Å². The summed E-state index contributed by atoms with van der Waals surface area (Å²) in [4.78, 5) is 15.0. The smallest absolute Gasteiger partial charge is 0.276 e. The first-order chi connectivity index (χ1) is 11.3. The van der Waals surface area contributed by atoms with Gasteiger partial charge in [-0.05, 0) is 57.5 Å². The van der Waals surface area contributed by atoms with Crippen molar-refractivity contribution in [2.24, 2.45) is 5.92 Å². The summed E-state index contributed by atoms with van der Waals surface area (Å²) >= 11 is 0. The Morgan fingerprint density at radius 3 is 2.58 bits per heavy atom. The number of aromatic nitrogens is 3. The van der Waals surface area contributed by atoms with Crippen molar-refractivity contribution in [1.82, 2.24) is 25.2 Å². The van der Waals surface area contributed by atoms with E-state index in [1.54, 1.807) is 0 Å². The van der Waals surface area contributed by atoms with Gasteiger partial charge in [-0.3, -0.25) is 4.79 Å². The summed E-state index contributed by atoms with van der Waals surface area (Å²) in [6.07, 6.45) is 11.5. The van der Waals surface area contributed by atoms with Gasteiger partial charge in [-0.1, -0.05) is 18.1 Å². The number of nitrogens with one attached hydrogen (secondary N) is 1. The Balaban J connectivity index is 0.00000169. The van der Waals surface area contributed by atoms with Crippen molar-refractivity contribution in [3.8, 4) is 0 Å². The summed E-state index contributed by atoms with van der Waals surface area (Å²) in [6, 6.07) is 0.823. The first-order valence-corrected chi connectivity index (χ1v) is 9.26. The zero-order valence-corrected chi connectivity index (χ0v) is 15.0. The average molecular weight is 354 g/mol. The summed E-state index contributed by atoms with van der Waals surface area (Å²) in [5.74, 6) is 0.806. The minimum absolute atomic E-state index is 0. The zero-order chi connectivity index (χ0) is 15.6. The Labute approximate surface area is 149 Å². The molecule has 6 nitrogen and oxygen atoms in total. The van der Waals surface area contributed by atoms with Gasteiger partial charge in [-0.25, -0.2) is 4.68 Å². The molecule has 3 aliphatic rings. The Kier molecular flexibility index (Phi) is 5.76. The molecule has 1 aromatic heterocycles. The molecule has 3 fully saturated rings. The molecule has 1 N–H and O–H groups in total. The summed E-state index contributed by atoms with van der Waals surface area (Å²) in [5, 5.41) is 11.8. The third-order valence-corrected chi connectivity index (χ3v) is 5.92. The molecular weight excluding hydrogens is 326 g/mol. The van der Waals surface area contributed by atoms with Crippen molar-refractivity contribution in [1.29, 1.82) is 0 Å². The van der Waals surface area contributed by atoms with Crippen LogP contribution in [0.15, 0.2) is 6.20 Å². The molecule has 24 heavy (non-hydrogen) atoms. The number of carbonyl (C=O) groups excluding carboxylic acids is 1. The van der Waals surface area contributed by atoms with Crippen molar-refractivity contribution in [2.75, 3.05) is 19.6 Å². The Hall–Kier alpha value is -1.14. The third-order valence-electron chi connectivity index (χ3n) is 5.92. The average Bonchev–Trinajstić information content (AvgIpc) is 3.34. The normalized spacial score (nSPS) is 25.8. The molecule has 1 aromatic rings. The fraction of sp³-hybridized carbons (Fsp3) is 0.824. The van der Waals surface area contributed by atoms with Gasteiger partial charge in [0.05, 0.1) is 12.2 Å². The number of hydrogen-bond acceptors (Lipinski definition) is 4. The van der Waals surface area contributed by atoms with Gasteiger partial charge >= 0.3 is 0 Å². The number of nitrogens with zero attached hydrogens (tertiary/aromatic N) is 4. The second kappa shape index (κ2) is 7.83. The van der Waals surface area contributed by atoms with E-state index in [1.807, 2.05) is 10.9 Å². The van der Waals surface area contributed by atoms with E-state index in [4.69, 9.17) is 0 Å².